The fraction of sp³-hybridized carbons (Fsp3) is 0.333. The first-order valence-electron chi connectivity index (χ1n) is 2.52. The van der Waals surface area contributed by atoms with Crippen LogP contribution in [0.3, 0.4) is 0 Å². The van der Waals surface area contributed by atoms with Crippen LogP contribution in [0.2, 0.25) is 0 Å². The van der Waals surface area contributed by atoms with Gasteiger partial charge in [0, 0.05) is 7.12 Å². The van der Waals surface area contributed by atoms with E-state index in [-0.39, 0.29) is 1.43 Å². The third-order valence-electron chi connectivity index (χ3n) is 1.02. The second-order valence-corrected chi connectivity index (χ2v) is 1.68. The van der Waals surface area contributed by atoms with Crippen LogP contribution in [0.1, 0.15) is 14.3 Å². The summed E-state index contributed by atoms with van der Waals surface area (Å²) in [6, 6.07) is 0. The van der Waals surface area contributed by atoms with Crippen molar-refractivity contribution in [1.29, 1.82) is 0 Å². The van der Waals surface area contributed by atoms with E-state index < -0.39 is 0 Å². The topological polar surface area (TPSA) is 26.0 Å². The summed E-state index contributed by atoms with van der Waals surface area (Å²) in [6.45, 7) is 0. The van der Waals surface area contributed by atoms with Crippen molar-refractivity contribution in [3.05, 3.63) is 23.9 Å². The molecule has 0 saturated carbocycles. The van der Waals surface area contributed by atoms with Crippen LogP contribution in [0.4, 0.5) is 0 Å². The molecular weight excluding hydrogens is 86.1 g/mol. The van der Waals surface area contributed by atoms with Gasteiger partial charge in [-0.1, -0.05) is 12.2 Å². The van der Waals surface area contributed by atoms with E-state index >= 15 is 0 Å². The van der Waals surface area contributed by atoms with E-state index in [9.17, 15) is 0 Å². The van der Waals surface area contributed by atoms with Gasteiger partial charge in [0.15, 0.2) is 0 Å². The lowest BCUT2D eigenvalue weighted by Crippen LogP contribution is -1.94. The van der Waals surface area contributed by atoms with Crippen molar-refractivity contribution < 1.29 is 1.43 Å². The standard InChI is InChI=1S/C6H9N.H2/c7-6-4-2-1-3-5-6;/h2,4-5H,1,3,7H2;1H. The normalized spacial score (nSPS) is 19.1. The van der Waals surface area contributed by atoms with Gasteiger partial charge in [-0.15, -0.1) is 0 Å². The van der Waals surface area contributed by atoms with E-state index in [4.69, 9.17) is 5.73 Å². The van der Waals surface area contributed by atoms with Gasteiger partial charge in [0.25, 0.3) is 0 Å². The SMILES string of the molecule is NC1=CCCC=C1.[HH]. The Kier molecular flexibility index (Phi) is 1.16. The highest BCUT2D eigenvalue weighted by atomic mass is 14.6. The predicted molar refractivity (Wildman–Crippen MR) is 32.8 cm³/mol. The maximum atomic E-state index is 5.41. The Balaban J connectivity index is 0.000000490. The van der Waals surface area contributed by atoms with Crippen LogP contribution in [0.15, 0.2) is 23.9 Å². The smallest absolute Gasteiger partial charge is 0.0270 e. The van der Waals surface area contributed by atoms with Crippen molar-refractivity contribution in [3.8, 4) is 0 Å². The molecule has 0 radical (unpaired) electrons. The fourth-order valence-electron chi connectivity index (χ4n) is 0.634. The zero-order valence-corrected chi connectivity index (χ0v) is 4.22. The van der Waals surface area contributed by atoms with Gasteiger partial charge in [-0.05, 0) is 18.9 Å². The Labute approximate surface area is 45.0 Å². The number of allylic oxidation sites excluding steroid dienone is 3. The van der Waals surface area contributed by atoms with Crippen molar-refractivity contribution in [3.63, 3.8) is 0 Å². The minimum atomic E-state index is 0. The first-order valence-corrected chi connectivity index (χ1v) is 2.52. The highest BCUT2D eigenvalue weighted by Gasteiger charge is 1.86. The van der Waals surface area contributed by atoms with Gasteiger partial charge in [-0.3, -0.25) is 0 Å². The second kappa shape index (κ2) is 1.82. The summed E-state index contributed by atoms with van der Waals surface area (Å²) < 4.78 is 0. The maximum absolute atomic E-state index is 5.41. The lowest BCUT2D eigenvalue weighted by molar-refractivity contribution is 1.01. The molecule has 0 saturated heterocycles. The van der Waals surface area contributed by atoms with E-state index in [1.807, 2.05) is 12.2 Å². The first kappa shape index (κ1) is 4.44. The molecule has 0 aliphatic heterocycles. The molecule has 0 fully saturated rings. The van der Waals surface area contributed by atoms with E-state index in [0.717, 1.165) is 18.5 Å². The molecule has 0 aromatic carbocycles. The molecule has 7 heavy (non-hydrogen) atoms. The molecule has 0 bridgehead atoms. The molecule has 0 spiro atoms. The zero-order chi connectivity index (χ0) is 5.11. The van der Waals surface area contributed by atoms with Crippen molar-refractivity contribution in [2.75, 3.05) is 0 Å². The van der Waals surface area contributed by atoms with Gasteiger partial charge in [0.2, 0.25) is 0 Å². The summed E-state index contributed by atoms with van der Waals surface area (Å²) in [5, 5.41) is 0. The first-order chi connectivity index (χ1) is 3.39. The molecule has 1 aliphatic rings. The summed E-state index contributed by atoms with van der Waals surface area (Å²) in [4.78, 5) is 0. The average molecular weight is 97.2 g/mol. The number of rotatable bonds is 0. The molecule has 0 amide bonds. The third kappa shape index (κ3) is 1.07. The van der Waals surface area contributed by atoms with Gasteiger partial charge >= 0.3 is 0 Å². The Bertz CT molecular complexity index is 116. The second-order valence-electron chi connectivity index (χ2n) is 1.68. The van der Waals surface area contributed by atoms with Crippen LogP contribution in [0.25, 0.3) is 0 Å². The van der Waals surface area contributed by atoms with Crippen molar-refractivity contribution in [2.24, 2.45) is 5.73 Å². The minimum absolute atomic E-state index is 0. The molecule has 0 unspecified atom stereocenters. The van der Waals surface area contributed by atoms with Crippen LogP contribution < -0.4 is 5.73 Å². The lowest BCUT2D eigenvalue weighted by Gasteiger charge is -1.97. The van der Waals surface area contributed by atoms with Gasteiger partial charge in [0.1, 0.15) is 0 Å². The number of hydrogen-bond acceptors (Lipinski definition) is 1. The summed E-state index contributed by atoms with van der Waals surface area (Å²) in [7, 11) is 0. The number of hydrogen-bond donors (Lipinski definition) is 1. The molecule has 40 valence electrons. The quantitative estimate of drug-likeness (QED) is 0.486. The number of nitrogens with two attached hydrogens (primary N) is 1. The monoisotopic (exact) mass is 97.1 g/mol. The van der Waals surface area contributed by atoms with Crippen LogP contribution in [-0.2, 0) is 0 Å². The van der Waals surface area contributed by atoms with Crippen LogP contribution in [-0.4, -0.2) is 0 Å². The van der Waals surface area contributed by atoms with E-state index in [0.29, 0.717) is 0 Å². The van der Waals surface area contributed by atoms with Gasteiger partial charge < -0.3 is 5.73 Å². The van der Waals surface area contributed by atoms with Crippen LogP contribution in [0.5, 0.6) is 0 Å². The van der Waals surface area contributed by atoms with Crippen LogP contribution in [0, 0.1) is 0 Å². The molecule has 1 nitrogen and oxygen atoms in total. The van der Waals surface area contributed by atoms with Crippen molar-refractivity contribution in [2.45, 2.75) is 12.8 Å². The molecule has 0 aromatic heterocycles. The van der Waals surface area contributed by atoms with Gasteiger partial charge in [-0.25, -0.2) is 0 Å². The predicted octanol–water partition coefficient (Wildman–Crippen LogP) is 1.43. The van der Waals surface area contributed by atoms with Crippen molar-refractivity contribution in [1.82, 2.24) is 0 Å². The Morgan fingerprint density at radius 3 is 2.71 bits per heavy atom. The average Bonchev–Trinajstić information content (AvgIpc) is 1.69. The highest BCUT2D eigenvalue weighted by Crippen LogP contribution is 2.02. The summed E-state index contributed by atoms with van der Waals surface area (Å²) >= 11 is 0. The van der Waals surface area contributed by atoms with E-state index in [1.54, 1.807) is 0 Å². The fourth-order valence-corrected chi connectivity index (χ4v) is 0.634. The summed E-state index contributed by atoms with van der Waals surface area (Å²) in [5.74, 6) is 0. The third-order valence-corrected chi connectivity index (χ3v) is 1.02. The van der Waals surface area contributed by atoms with Gasteiger partial charge in [0.05, 0.1) is 0 Å². The van der Waals surface area contributed by atoms with Gasteiger partial charge in [-0.2, -0.15) is 0 Å². The van der Waals surface area contributed by atoms with E-state index in [2.05, 4.69) is 6.08 Å². The Hall–Kier alpha value is -0.720. The largest absolute Gasteiger partial charge is 0.399 e. The van der Waals surface area contributed by atoms with Crippen LogP contribution >= 0.6 is 0 Å². The maximum Gasteiger partial charge on any atom is 0.0270 e. The Morgan fingerprint density at radius 2 is 2.43 bits per heavy atom. The molecule has 1 aliphatic carbocycles. The molecule has 0 aromatic rings. The molecule has 0 atom stereocenters. The molecule has 1 rings (SSSR count). The van der Waals surface area contributed by atoms with E-state index in [1.165, 1.54) is 0 Å². The highest BCUT2D eigenvalue weighted by molar-refractivity contribution is 5.17. The van der Waals surface area contributed by atoms with Crippen molar-refractivity contribution >= 4 is 0 Å². The summed E-state index contributed by atoms with van der Waals surface area (Å²) in [5.41, 5.74) is 6.32. The summed E-state index contributed by atoms with van der Waals surface area (Å²) in [6.07, 6.45) is 8.35. The minimum Gasteiger partial charge on any atom is -0.399 e. The lowest BCUT2D eigenvalue weighted by atomic mass is 10.2. The molecule has 0 heterocycles. The Morgan fingerprint density at radius 1 is 1.57 bits per heavy atom. The molecule has 1 heteroatoms. The zero-order valence-electron chi connectivity index (χ0n) is 4.22. The molecular formula is C6H11N. The molecule has 2 N–H and O–H groups in total.